The molecule has 0 aliphatic carbocycles. The summed E-state index contributed by atoms with van der Waals surface area (Å²) in [5.74, 6) is -0.560. The highest BCUT2D eigenvalue weighted by Crippen LogP contribution is 2.37. The Bertz CT molecular complexity index is 1110. The van der Waals surface area contributed by atoms with Gasteiger partial charge in [-0.25, -0.2) is 9.79 Å². The highest BCUT2D eigenvalue weighted by atomic mass is 32.2. The number of nitrogens with zero attached hydrogens (tertiary/aromatic N) is 2. The Balaban J connectivity index is 2.06. The smallest absolute Gasteiger partial charge is 0.338 e. The van der Waals surface area contributed by atoms with Crippen LogP contribution < -0.4 is 9.47 Å². The van der Waals surface area contributed by atoms with Gasteiger partial charge in [0.2, 0.25) is 0 Å². The molecule has 0 bridgehead atoms. The lowest BCUT2D eigenvalue weighted by Crippen LogP contribution is -2.29. The van der Waals surface area contributed by atoms with Crippen LogP contribution >= 0.6 is 11.8 Å². The summed E-state index contributed by atoms with van der Waals surface area (Å²) in [4.78, 5) is 30.7. The number of carboxylic acids is 1. The number of hydrogen-bond donors (Lipinski definition) is 2. The van der Waals surface area contributed by atoms with Crippen molar-refractivity contribution in [3.05, 3.63) is 65.1 Å². The Morgan fingerprint density at radius 2 is 2.00 bits per heavy atom. The molecule has 1 amide bonds. The number of thioether (sulfide) groups is 1. The highest BCUT2D eigenvalue weighted by Gasteiger charge is 2.33. The van der Waals surface area contributed by atoms with Gasteiger partial charge in [0, 0.05) is 12.1 Å². The van der Waals surface area contributed by atoms with Crippen molar-refractivity contribution in [3.63, 3.8) is 0 Å². The average Bonchev–Trinajstić information content (AvgIpc) is 3.04. The first kappa shape index (κ1) is 22.0. The molecule has 160 valence electrons. The first-order valence-electron chi connectivity index (χ1n) is 9.07. The first-order chi connectivity index (χ1) is 14.9. The third-order valence-electron chi connectivity index (χ3n) is 4.35. The van der Waals surface area contributed by atoms with E-state index in [0.29, 0.717) is 27.1 Å². The molecule has 0 spiro atoms. The molecule has 1 aliphatic heterocycles. The minimum absolute atomic E-state index is 0.120. The Morgan fingerprint density at radius 3 is 2.65 bits per heavy atom. The summed E-state index contributed by atoms with van der Waals surface area (Å²) in [6, 6.07) is 9.06. The third-order valence-corrected chi connectivity index (χ3v) is 5.36. The van der Waals surface area contributed by atoms with E-state index in [-0.39, 0.29) is 29.5 Å². The van der Waals surface area contributed by atoms with Gasteiger partial charge < -0.3 is 19.7 Å². The van der Waals surface area contributed by atoms with Crippen molar-refractivity contribution < 1.29 is 29.3 Å². The van der Waals surface area contributed by atoms with Crippen LogP contribution in [0.4, 0.5) is 5.69 Å². The fourth-order valence-electron chi connectivity index (χ4n) is 2.87. The molecule has 1 heterocycles. The molecular weight excluding hydrogens is 420 g/mol. The van der Waals surface area contributed by atoms with Gasteiger partial charge in [-0.2, -0.15) is 0 Å². The largest absolute Gasteiger partial charge is 0.508 e. The highest BCUT2D eigenvalue weighted by molar-refractivity contribution is 8.18. The number of phenolic OH excluding ortho intramolecular Hbond substituents is 1. The van der Waals surface area contributed by atoms with Crippen molar-refractivity contribution in [1.29, 1.82) is 0 Å². The molecule has 0 aromatic heterocycles. The van der Waals surface area contributed by atoms with Crippen LogP contribution in [0, 0.1) is 0 Å². The molecule has 31 heavy (non-hydrogen) atoms. The lowest BCUT2D eigenvalue weighted by Gasteiger charge is -2.13. The topological polar surface area (TPSA) is 109 Å². The zero-order chi connectivity index (χ0) is 22.5. The number of rotatable bonds is 7. The minimum atomic E-state index is -1.24. The Hall–Kier alpha value is -3.72. The maximum absolute atomic E-state index is 13.0. The summed E-state index contributed by atoms with van der Waals surface area (Å²) >= 11 is 1.10. The number of amidine groups is 1. The van der Waals surface area contributed by atoms with E-state index in [1.165, 1.54) is 24.1 Å². The van der Waals surface area contributed by atoms with Gasteiger partial charge >= 0.3 is 5.97 Å². The molecule has 8 nitrogen and oxygen atoms in total. The van der Waals surface area contributed by atoms with Gasteiger partial charge in [-0.15, -0.1) is 6.58 Å². The van der Waals surface area contributed by atoms with Crippen molar-refractivity contribution in [1.82, 2.24) is 4.90 Å². The van der Waals surface area contributed by atoms with Gasteiger partial charge in [-0.1, -0.05) is 6.08 Å². The van der Waals surface area contributed by atoms with Crippen LogP contribution in [0.5, 0.6) is 17.2 Å². The van der Waals surface area contributed by atoms with Crippen LogP contribution in [0.3, 0.4) is 0 Å². The lowest BCUT2D eigenvalue weighted by molar-refractivity contribution is -0.121. The molecular formula is C22H20N2O6S. The Kier molecular flexibility index (Phi) is 6.66. The maximum Gasteiger partial charge on any atom is 0.338 e. The van der Waals surface area contributed by atoms with Crippen molar-refractivity contribution >= 4 is 40.6 Å². The predicted molar refractivity (Wildman–Crippen MR) is 119 cm³/mol. The maximum atomic E-state index is 13.0. The summed E-state index contributed by atoms with van der Waals surface area (Å²) < 4.78 is 10.6. The number of aromatic hydroxyl groups is 1. The van der Waals surface area contributed by atoms with Crippen LogP contribution in [0.2, 0.25) is 0 Å². The summed E-state index contributed by atoms with van der Waals surface area (Å²) in [6.07, 6.45) is 3.22. The van der Waals surface area contributed by atoms with Gasteiger partial charge in [0.05, 0.1) is 30.4 Å². The van der Waals surface area contributed by atoms with E-state index >= 15 is 0 Å². The van der Waals surface area contributed by atoms with E-state index in [4.69, 9.17) is 9.47 Å². The van der Waals surface area contributed by atoms with E-state index in [1.54, 1.807) is 37.5 Å². The van der Waals surface area contributed by atoms with Crippen molar-refractivity contribution in [2.45, 2.75) is 0 Å². The predicted octanol–water partition coefficient (Wildman–Crippen LogP) is 3.90. The van der Waals surface area contributed by atoms with Crippen LogP contribution in [0.25, 0.3) is 6.08 Å². The summed E-state index contributed by atoms with van der Waals surface area (Å²) in [7, 11) is 3.07. The van der Waals surface area contributed by atoms with E-state index in [0.717, 1.165) is 17.8 Å². The Morgan fingerprint density at radius 1 is 1.23 bits per heavy atom. The Labute approximate surface area is 183 Å². The number of hydrogen-bond acceptors (Lipinski definition) is 7. The van der Waals surface area contributed by atoms with E-state index in [1.807, 2.05) is 0 Å². The SMILES string of the molecule is C=CCN1C(=O)/C(=C/c2cc(OC)ccc2OC)SC1=Nc1ccc(O)cc1C(=O)O. The number of ether oxygens (including phenoxy) is 2. The van der Waals surface area contributed by atoms with Gasteiger partial charge in [-0.3, -0.25) is 9.69 Å². The lowest BCUT2D eigenvalue weighted by atomic mass is 10.1. The number of carbonyl (C=O) groups excluding carboxylic acids is 1. The number of aliphatic imine (C=N–C) groups is 1. The summed E-state index contributed by atoms with van der Waals surface area (Å²) in [6.45, 7) is 3.87. The zero-order valence-electron chi connectivity index (χ0n) is 16.9. The molecule has 0 saturated carbocycles. The van der Waals surface area contributed by atoms with E-state index in [2.05, 4.69) is 11.6 Å². The van der Waals surface area contributed by atoms with Gasteiger partial charge in [0.25, 0.3) is 5.91 Å². The monoisotopic (exact) mass is 440 g/mol. The molecule has 0 atom stereocenters. The number of phenols is 1. The second-order valence-electron chi connectivity index (χ2n) is 6.32. The van der Waals surface area contributed by atoms with Crippen LogP contribution in [-0.4, -0.2) is 52.9 Å². The molecule has 2 N–H and O–H groups in total. The molecule has 2 aromatic rings. The number of methoxy groups -OCH3 is 2. The van der Waals surface area contributed by atoms with Gasteiger partial charge in [0.1, 0.15) is 17.2 Å². The van der Waals surface area contributed by atoms with Crippen molar-refractivity contribution in [2.75, 3.05) is 20.8 Å². The first-order valence-corrected chi connectivity index (χ1v) is 9.89. The number of benzene rings is 2. The average molecular weight is 440 g/mol. The number of aromatic carboxylic acids is 1. The molecule has 1 fully saturated rings. The quantitative estimate of drug-likeness (QED) is 0.496. The van der Waals surface area contributed by atoms with Crippen molar-refractivity contribution in [2.24, 2.45) is 4.99 Å². The number of amides is 1. The van der Waals surface area contributed by atoms with E-state index < -0.39 is 5.97 Å². The van der Waals surface area contributed by atoms with Gasteiger partial charge in [0.15, 0.2) is 5.17 Å². The second-order valence-corrected chi connectivity index (χ2v) is 7.33. The molecule has 1 saturated heterocycles. The zero-order valence-corrected chi connectivity index (χ0v) is 17.7. The van der Waals surface area contributed by atoms with Crippen LogP contribution in [0.15, 0.2) is 59.0 Å². The second kappa shape index (κ2) is 9.40. The standard InChI is InChI=1S/C22H20N2O6S/c1-4-9-24-20(26)19(11-13-10-15(29-2)6-8-18(13)30-3)31-22(24)23-17-7-5-14(25)12-16(17)21(27)28/h4-8,10-12,25H,1,9H2,2-3H3,(H,27,28)/b19-11-,23-22?. The normalized spacial score (nSPS) is 16.1. The fraction of sp³-hybridized carbons (Fsp3) is 0.136. The third kappa shape index (κ3) is 4.72. The molecule has 0 unspecified atom stereocenters. The van der Waals surface area contributed by atoms with Crippen LogP contribution in [-0.2, 0) is 4.79 Å². The minimum Gasteiger partial charge on any atom is -0.508 e. The van der Waals surface area contributed by atoms with E-state index in [9.17, 15) is 19.8 Å². The molecule has 1 aliphatic rings. The van der Waals surface area contributed by atoms with Crippen molar-refractivity contribution in [3.8, 4) is 17.2 Å². The summed E-state index contributed by atoms with van der Waals surface area (Å²) in [5, 5.41) is 19.3. The fourth-order valence-corrected chi connectivity index (χ4v) is 3.86. The van der Waals surface area contributed by atoms with Crippen LogP contribution in [0.1, 0.15) is 15.9 Å². The summed E-state index contributed by atoms with van der Waals surface area (Å²) in [5.41, 5.74) is 0.592. The number of carbonyl (C=O) groups is 2. The van der Waals surface area contributed by atoms with Gasteiger partial charge in [-0.05, 0) is 54.2 Å². The molecule has 9 heteroatoms. The molecule has 0 radical (unpaired) electrons. The number of carboxylic acid groups (broad SMARTS) is 1. The molecule has 3 rings (SSSR count). The molecule has 2 aromatic carbocycles.